The minimum atomic E-state index is -0.102. The molecule has 4 unspecified atom stereocenters. The summed E-state index contributed by atoms with van der Waals surface area (Å²) in [4.78, 5) is 0. The Bertz CT molecular complexity index is 183. The number of rotatable bonds is 1. The predicted molar refractivity (Wildman–Crippen MR) is 49.8 cm³/mol. The van der Waals surface area contributed by atoms with Crippen LogP contribution in [0, 0.1) is 23.2 Å². The lowest BCUT2D eigenvalue weighted by atomic mass is 9.67. The van der Waals surface area contributed by atoms with Crippen molar-refractivity contribution in [1.29, 1.82) is 0 Å². The average Bonchev–Trinajstić information content (AvgIpc) is 2.41. The second-order valence-electron chi connectivity index (χ2n) is 5.36. The second kappa shape index (κ2) is 2.47. The van der Waals surface area contributed by atoms with Crippen LogP contribution in [0.5, 0.6) is 0 Å². The van der Waals surface area contributed by atoms with E-state index in [9.17, 15) is 5.11 Å². The normalized spacial score (nSPS) is 46.5. The molecule has 0 spiro atoms. The molecule has 1 nitrogen and oxygen atoms in total. The van der Waals surface area contributed by atoms with Crippen molar-refractivity contribution in [3.8, 4) is 0 Å². The maximum Gasteiger partial charge on any atom is 0.0548 e. The van der Waals surface area contributed by atoms with Crippen molar-refractivity contribution in [2.45, 2.75) is 46.1 Å². The second-order valence-corrected chi connectivity index (χ2v) is 5.36. The van der Waals surface area contributed by atoms with Gasteiger partial charge in [0.05, 0.1) is 6.10 Å². The zero-order valence-corrected chi connectivity index (χ0v) is 8.38. The molecular formula is C11H20O. The van der Waals surface area contributed by atoms with Crippen LogP contribution in [0.15, 0.2) is 0 Å². The highest BCUT2D eigenvalue weighted by Crippen LogP contribution is 2.60. The Hall–Kier alpha value is -0.0400. The molecule has 0 heterocycles. The Morgan fingerprint density at radius 1 is 1.33 bits per heavy atom. The molecule has 0 radical (unpaired) electrons. The van der Waals surface area contributed by atoms with Crippen LogP contribution in [0.2, 0.25) is 0 Å². The van der Waals surface area contributed by atoms with E-state index in [1.165, 1.54) is 19.3 Å². The zero-order chi connectivity index (χ0) is 8.93. The van der Waals surface area contributed by atoms with Crippen LogP contribution in [-0.4, -0.2) is 11.2 Å². The number of hydrogen-bond acceptors (Lipinski definition) is 1. The summed E-state index contributed by atoms with van der Waals surface area (Å²) in [5.41, 5.74) is 0.400. The molecule has 0 saturated heterocycles. The van der Waals surface area contributed by atoms with Gasteiger partial charge in [-0.05, 0) is 49.4 Å². The van der Waals surface area contributed by atoms with E-state index in [1.54, 1.807) is 0 Å². The van der Waals surface area contributed by atoms with E-state index in [1.807, 2.05) is 6.92 Å². The van der Waals surface area contributed by atoms with E-state index in [2.05, 4.69) is 13.8 Å². The van der Waals surface area contributed by atoms with Crippen molar-refractivity contribution in [1.82, 2.24) is 0 Å². The molecule has 2 bridgehead atoms. The lowest BCUT2D eigenvalue weighted by Gasteiger charge is -2.40. The van der Waals surface area contributed by atoms with Crippen LogP contribution in [0.1, 0.15) is 40.0 Å². The summed E-state index contributed by atoms with van der Waals surface area (Å²) in [7, 11) is 0. The maximum atomic E-state index is 9.71. The van der Waals surface area contributed by atoms with Gasteiger partial charge >= 0.3 is 0 Å². The summed E-state index contributed by atoms with van der Waals surface area (Å²) in [6.07, 6.45) is 4.04. The highest BCUT2D eigenvalue weighted by atomic mass is 16.3. The van der Waals surface area contributed by atoms with Crippen molar-refractivity contribution in [3.63, 3.8) is 0 Å². The van der Waals surface area contributed by atoms with Gasteiger partial charge < -0.3 is 5.11 Å². The van der Waals surface area contributed by atoms with Gasteiger partial charge in [0.1, 0.15) is 0 Å². The van der Waals surface area contributed by atoms with Gasteiger partial charge in [-0.3, -0.25) is 0 Å². The van der Waals surface area contributed by atoms with Crippen molar-refractivity contribution >= 4 is 0 Å². The standard InChI is InChI=1S/C11H20O/c1-7(12)10-8-4-5-9(6-8)11(10,2)3/h7-10,12H,4-6H2,1-3H3. The highest BCUT2D eigenvalue weighted by Gasteiger charge is 2.53. The third-order valence-electron chi connectivity index (χ3n) is 4.41. The Labute approximate surface area is 75.2 Å². The summed E-state index contributed by atoms with van der Waals surface area (Å²) < 4.78 is 0. The molecule has 0 aromatic carbocycles. The first kappa shape index (κ1) is 8.55. The van der Waals surface area contributed by atoms with E-state index in [4.69, 9.17) is 0 Å². The van der Waals surface area contributed by atoms with E-state index >= 15 is 0 Å². The maximum absolute atomic E-state index is 9.71. The van der Waals surface area contributed by atoms with Crippen LogP contribution in [0.3, 0.4) is 0 Å². The van der Waals surface area contributed by atoms with Crippen molar-refractivity contribution < 1.29 is 5.11 Å². The Morgan fingerprint density at radius 2 is 2.00 bits per heavy atom. The van der Waals surface area contributed by atoms with Crippen LogP contribution in [-0.2, 0) is 0 Å². The number of aliphatic hydroxyl groups is 1. The summed E-state index contributed by atoms with van der Waals surface area (Å²) >= 11 is 0. The molecule has 2 fully saturated rings. The van der Waals surface area contributed by atoms with Gasteiger partial charge in [0.2, 0.25) is 0 Å². The van der Waals surface area contributed by atoms with Gasteiger partial charge in [0.15, 0.2) is 0 Å². The van der Waals surface area contributed by atoms with E-state index in [0.29, 0.717) is 11.3 Å². The first-order valence-corrected chi connectivity index (χ1v) is 5.21. The minimum Gasteiger partial charge on any atom is -0.393 e. The number of aliphatic hydroxyl groups excluding tert-OH is 1. The Morgan fingerprint density at radius 3 is 2.33 bits per heavy atom. The third-order valence-corrected chi connectivity index (χ3v) is 4.41. The molecule has 2 rings (SSSR count). The summed E-state index contributed by atoms with van der Waals surface area (Å²) in [6, 6.07) is 0. The van der Waals surface area contributed by atoms with E-state index in [0.717, 1.165) is 11.8 Å². The largest absolute Gasteiger partial charge is 0.393 e. The molecule has 1 heteroatoms. The zero-order valence-electron chi connectivity index (χ0n) is 8.38. The van der Waals surface area contributed by atoms with Crippen molar-refractivity contribution in [2.24, 2.45) is 23.2 Å². The molecule has 0 aromatic heterocycles. The summed E-state index contributed by atoms with van der Waals surface area (Å²) in [5, 5.41) is 9.71. The van der Waals surface area contributed by atoms with Crippen molar-refractivity contribution in [2.75, 3.05) is 0 Å². The van der Waals surface area contributed by atoms with E-state index < -0.39 is 0 Å². The molecule has 0 aliphatic heterocycles. The lowest BCUT2D eigenvalue weighted by Crippen LogP contribution is -2.37. The molecule has 0 amide bonds. The van der Waals surface area contributed by atoms with Crippen molar-refractivity contribution in [3.05, 3.63) is 0 Å². The lowest BCUT2D eigenvalue weighted by molar-refractivity contribution is 0.00840. The van der Waals surface area contributed by atoms with Gasteiger partial charge in [0.25, 0.3) is 0 Å². The molecular weight excluding hydrogens is 148 g/mol. The molecule has 70 valence electrons. The van der Waals surface area contributed by atoms with Crippen LogP contribution in [0.4, 0.5) is 0 Å². The van der Waals surface area contributed by atoms with Crippen LogP contribution < -0.4 is 0 Å². The summed E-state index contributed by atoms with van der Waals surface area (Å²) in [6.45, 7) is 6.65. The topological polar surface area (TPSA) is 20.2 Å². The number of hydrogen-bond donors (Lipinski definition) is 1. The molecule has 1 N–H and O–H groups in total. The molecule has 4 atom stereocenters. The summed E-state index contributed by atoms with van der Waals surface area (Å²) in [5.74, 6) is 2.28. The Balaban J connectivity index is 2.23. The average molecular weight is 168 g/mol. The fourth-order valence-corrected chi connectivity index (χ4v) is 3.91. The van der Waals surface area contributed by atoms with Gasteiger partial charge in [-0.25, -0.2) is 0 Å². The smallest absolute Gasteiger partial charge is 0.0548 e. The Kier molecular flexibility index (Phi) is 1.76. The first-order chi connectivity index (χ1) is 5.53. The molecule has 2 aliphatic rings. The van der Waals surface area contributed by atoms with Gasteiger partial charge in [-0.2, -0.15) is 0 Å². The van der Waals surface area contributed by atoms with Gasteiger partial charge in [-0.15, -0.1) is 0 Å². The quantitative estimate of drug-likeness (QED) is 0.637. The fourth-order valence-electron chi connectivity index (χ4n) is 3.91. The molecule has 12 heavy (non-hydrogen) atoms. The van der Waals surface area contributed by atoms with Crippen LogP contribution >= 0.6 is 0 Å². The monoisotopic (exact) mass is 168 g/mol. The fraction of sp³-hybridized carbons (Fsp3) is 1.00. The first-order valence-electron chi connectivity index (χ1n) is 5.21. The third kappa shape index (κ3) is 0.953. The molecule has 2 saturated carbocycles. The van der Waals surface area contributed by atoms with E-state index in [-0.39, 0.29) is 6.10 Å². The highest BCUT2D eigenvalue weighted by molar-refractivity contribution is 5.03. The van der Waals surface area contributed by atoms with Gasteiger partial charge in [0, 0.05) is 0 Å². The predicted octanol–water partition coefficient (Wildman–Crippen LogP) is 2.44. The molecule has 2 aliphatic carbocycles. The van der Waals surface area contributed by atoms with Gasteiger partial charge in [-0.1, -0.05) is 13.8 Å². The SMILES string of the molecule is CC(O)C1C2CCC(C2)C1(C)C. The minimum absolute atomic E-state index is 0.102. The van der Waals surface area contributed by atoms with Crippen LogP contribution in [0.25, 0.3) is 0 Å². The molecule has 0 aromatic rings. The number of fused-ring (bicyclic) bond motifs is 2.